The summed E-state index contributed by atoms with van der Waals surface area (Å²) in [6.45, 7) is 17.5. The topological polar surface area (TPSA) is 82.1 Å². The van der Waals surface area contributed by atoms with E-state index in [0.29, 0.717) is 29.6 Å². The first-order valence-electron chi connectivity index (χ1n) is 19.6. The highest BCUT2D eigenvalue weighted by atomic mass is 16.6. The fraction of sp³-hybridized carbons (Fsp3) is 0.636. The molecule has 276 valence electrons. The van der Waals surface area contributed by atoms with Gasteiger partial charge in [-0.1, -0.05) is 91.2 Å². The van der Waals surface area contributed by atoms with Crippen molar-refractivity contribution in [1.82, 2.24) is 0 Å². The Labute approximate surface area is 302 Å². The van der Waals surface area contributed by atoms with Gasteiger partial charge in [0.15, 0.2) is 0 Å². The molecule has 0 unspecified atom stereocenters. The molecule has 2 aliphatic rings. The van der Waals surface area contributed by atoms with Crippen molar-refractivity contribution in [1.29, 1.82) is 0 Å². The number of carbonyl (C=O) groups excluding carboxylic acids is 2. The first kappa shape index (κ1) is 39.5. The lowest BCUT2D eigenvalue weighted by atomic mass is 9.68. The van der Waals surface area contributed by atoms with Gasteiger partial charge in [-0.3, -0.25) is 0 Å². The Hall–Kier alpha value is -3.28. The maximum absolute atomic E-state index is 13.6. The molecule has 6 heteroatoms. The highest BCUT2D eigenvalue weighted by molar-refractivity contribution is 6.31. The molecule has 0 radical (unpaired) electrons. The summed E-state index contributed by atoms with van der Waals surface area (Å²) in [5.41, 5.74) is 4.23. The second kappa shape index (κ2) is 18.3. The molecule has 3 atom stereocenters. The van der Waals surface area contributed by atoms with Crippen molar-refractivity contribution in [3.05, 3.63) is 58.2 Å². The minimum Gasteiger partial charge on any atom is -0.508 e. The number of hydrogen-bond acceptors (Lipinski definition) is 6. The van der Waals surface area contributed by atoms with Crippen molar-refractivity contribution in [2.45, 2.75) is 163 Å². The molecule has 1 aliphatic carbocycles. The van der Waals surface area contributed by atoms with Gasteiger partial charge in [0.2, 0.25) is 0 Å². The maximum Gasteiger partial charge on any atom is 0.423 e. The number of rotatable bonds is 17. The van der Waals surface area contributed by atoms with Gasteiger partial charge in [-0.15, -0.1) is 0 Å². The molecule has 0 spiro atoms. The van der Waals surface area contributed by atoms with Crippen molar-refractivity contribution in [2.24, 2.45) is 17.8 Å². The van der Waals surface area contributed by atoms with Gasteiger partial charge in [-0.2, -0.15) is 0 Å². The first-order chi connectivity index (χ1) is 23.8. The highest BCUT2D eigenvalue weighted by Gasteiger charge is 2.46. The summed E-state index contributed by atoms with van der Waals surface area (Å²) < 4.78 is 18.5. The van der Waals surface area contributed by atoms with Crippen LogP contribution >= 0.6 is 0 Å². The quantitative estimate of drug-likeness (QED) is 0.0586. The Morgan fingerprint density at radius 3 is 2.10 bits per heavy atom. The van der Waals surface area contributed by atoms with Crippen molar-refractivity contribution >= 4 is 11.9 Å². The molecule has 2 aromatic rings. The Bertz CT molecular complexity index is 1480. The minimum absolute atomic E-state index is 0.0110. The summed E-state index contributed by atoms with van der Waals surface area (Å²) in [6, 6.07) is 7.63. The van der Waals surface area contributed by atoms with Crippen LogP contribution in [0.1, 0.15) is 161 Å². The molecule has 0 amide bonds. The molecule has 1 aliphatic heterocycles. The molecule has 0 aromatic heterocycles. The van der Waals surface area contributed by atoms with E-state index >= 15 is 0 Å². The summed E-state index contributed by atoms with van der Waals surface area (Å²) in [6.07, 6.45) is 17.0. The largest absolute Gasteiger partial charge is 0.508 e. The molecule has 4 rings (SSSR count). The van der Waals surface area contributed by atoms with Crippen LogP contribution in [-0.2, 0) is 28.9 Å². The summed E-state index contributed by atoms with van der Waals surface area (Å²) in [5, 5.41) is 11.2. The lowest BCUT2D eigenvalue weighted by molar-refractivity contribution is -0.156. The fourth-order valence-corrected chi connectivity index (χ4v) is 7.81. The van der Waals surface area contributed by atoms with Crippen molar-refractivity contribution in [3.8, 4) is 23.0 Å². The SMILES string of the molecule is CCCCCc1cc(O)c(CC[C@@H](C)CCCC(C)C)c(OC(=O)C(=O)Oc2cc(CCCCC)cc3c2[C@@H]2C=C(C)CC[C@H]2C(C)(C)O3)c1. The van der Waals surface area contributed by atoms with Crippen LogP contribution in [0, 0.1) is 17.8 Å². The van der Waals surface area contributed by atoms with Gasteiger partial charge in [-0.25, -0.2) is 9.59 Å². The lowest BCUT2D eigenvalue weighted by Crippen LogP contribution is -2.45. The summed E-state index contributed by atoms with van der Waals surface area (Å²) in [7, 11) is 0. The number of allylic oxidation sites excluding steroid dienone is 2. The van der Waals surface area contributed by atoms with Gasteiger partial charge in [0.1, 0.15) is 28.6 Å². The van der Waals surface area contributed by atoms with E-state index in [1.54, 1.807) is 6.07 Å². The van der Waals surface area contributed by atoms with E-state index in [9.17, 15) is 14.7 Å². The lowest BCUT2D eigenvalue weighted by Gasteiger charge is -2.46. The van der Waals surface area contributed by atoms with E-state index in [0.717, 1.165) is 106 Å². The number of phenolic OH excluding ortho intramolecular Hbond substituents is 1. The average molecular weight is 689 g/mol. The Balaban J connectivity index is 1.61. The zero-order chi connectivity index (χ0) is 36.4. The van der Waals surface area contributed by atoms with Crippen molar-refractivity contribution in [2.75, 3.05) is 0 Å². The number of unbranched alkanes of at least 4 members (excludes halogenated alkanes) is 4. The number of ether oxygens (including phenoxy) is 3. The van der Waals surface area contributed by atoms with Crippen LogP contribution in [0.4, 0.5) is 0 Å². The van der Waals surface area contributed by atoms with Crippen LogP contribution < -0.4 is 14.2 Å². The zero-order valence-electron chi connectivity index (χ0n) is 32.3. The van der Waals surface area contributed by atoms with E-state index in [4.69, 9.17) is 14.2 Å². The van der Waals surface area contributed by atoms with Gasteiger partial charge < -0.3 is 19.3 Å². The second-order valence-electron chi connectivity index (χ2n) is 16.1. The zero-order valence-corrected chi connectivity index (χ0v) is 32.3. The van der Waals surface area contributed by atoms with E-state index in [2.05, 4.69) is 67.5 Å². The van der Waals surface area contributed by atoms with E-state index in [1.165, 1.54) is 12.0 Å². The number of carbonyl (C=O) groups is 2. The summed E-state index contributed by atoms with van der Waals surface area (Å²) in [5.74, 6) is 0.657. The number of fused-ring (bicyclic) bond motifs is 3. The molecule has 0 bridgehead atoms. The van der Waals surface area contributed by atoms with Crippen LogP contribution in [0.25, 0.3) is 0 Å². The van der Waals surface area contributed by atoms with Gasteiger partial charge in [-0.05, 0) is 119 Å². The van der Waals surface area contributed by atoms with Crippen LogP contribution in [0.3, 0.4) is 0 Å². The number of phenols is 1. The van der Waals surface area contributed by atoms with Crippen LogP contribution in [0.5, 0.6) is 23.0 Å². The van der Waals surface area contributed by atoms with E-state index < -0.39 is 11.9 Å². The molecule has 50 heavy (non-hydrogen) atoms. The third kappa shape index (κ3) is 10.6. The molecule has 1 heterocycles. The number of hydrogen-bond donors (Lipinski definition) is 1. The van der Waals surface area contributed by atoms with Crippen LogP contribution in [-0.4, -0.2) is 22.6 Å². The van der Waals surface area contributed by atoms with E-state index in [-0.39, 0.29) is 28.9 Å². The number of aromatic hydroxyl groups is 1. The van der Waals surface area contributed by atoms with Crippen molar-refractivity contribution < 1.29 is 28.9 Å². The standard InChI is InChI=1S/C44H64O6/c1-9-11-13-18-32-25-37(45)34(22-20-30(5)17-15-16-29(3)4)38(26-32)48-42(46)43(47)49-39-27-33(19-14-12-10-2)28-40-41(39)35-24-31(6)21-23-36(35)44(7,8)50-40/h24-30,35-36,45H,9-23H2,1-8H3/t30-,35+,36+/m0/s1. The molecule has 6 nitrogen and oxygen atoms in total. The monoisotopic (exact) mass is 688 g/mol. The molecular formula is C44H64O6. The second-order valence-corrected chi connectivity index (χ2v) is 16.1. The van der Waals surface area contributed by atoms with Crippen LogP contribution in [0.15, 0.2) is 35.9 Å². The van der Waals surface area contributed by atoms with Gasteiger partial charge in [0.05, 0.1) is 0 Å². The average Bonchev–Trinajstić information content (AvgIpc) is 3.03. The molecule has 2 aromatic carbocycles. The number of esters is 2. The molecular weight excluding hydrogens is 624 g/mol. The van der Waals surface area contributed by atoms with Gasteiger partial charge in [0, 0.05) is 23.0 Å². The maximum atomic E-state index is 13.6. The smallest absolute Gasteiger partial charge is 0.423 e. The van der Waals surface area contributed by atoms with Gasteiger partial charge >= 0.3 is 11.9 Å². The Kier molecular flexibility index (Phi) is 14.4. The molecule has 0 saturated heterocycles. The molecule has 1 N–H and O–H groups in total. The molecule has 0 fully saturated rings. The Morgan fingerprint density at radius 1 is 0.840 bits per heavy atom. The third-order valence-electron chi connectivity index (χ3n) is 10.8. The van der Waals surface area contributed by atoms with Gasteiger partial charge in [0.25, 0.3) is 0 Å². The number of benzene rings is 2. The van der Waals surface area contributed by atoms with E-state index in [1.807, 2.05) is 12.1 Å². The summed E-state index contributed by atoms with van der Waals surface area (Å²) in [4.78, 5) is 27.2. The predicted molar refractivity (Wildman–Crippen MR) is 202 cm³/mol. The Morgan fingerprint density at radius 2 is 1.46 bits per heavy atom. The normalized spacial score (nSPS) is 18.5. The fourth-order valence-electron chi connectivity index (χ4n) is 7.81. The van der Waals surface area contributed by atoms with Crippen LogP contribution in [0.2, 0.25) is 0 Å². The predicted octanol–water partition coefficient (Wildman–Crippen LogP) is 11.4. The third-order valence-corrected chi connectivity index (χ3v) is 10.8. The highest BCUT2D eigenvalue weighted by Crippen LogP contribution is 2.54. The number of aryl methyl sites for hydroxylation is 2. The first-order valence-corrected chi connectivity index (χ1v) is 19.6. The minimum atomic E-state index is -1.09. The van der Waals surface area contributed by atoms with Crippen molar-refractivity contribution in [3.63, 3.8) is 0 Å². The molecule has 0 saturated carbocycles. The summed E-state index contributed by atoms with van der Waals surface area (Å²) >= 11 is 0.